The highest BCUT2D eigenvalue weighted by atomic mass is 32.2. The molecule has 1 amide bonds. The Morgan fingerprint density at radius 1 is 1.26 bits per heavy atom. The molecule has 0 aliphatic heterocycles. The molecule has 124 valence electrons. The predicted molar refractivity (Wildman–Crippen MR) is 88.6 cm³/mol. The summed E-state index contributed by atoms with van der Waals surface area (Å²) in [6.07, 6.45) is 1.05. The summed E-state index contributed by atoms with van der Waals surface area (Å²) in [5.74, 6) is -0.670. The fourth-order valence-electron chi connectivity index (χ4n) is 2.15. The normalized spacial score (nSPS) is 12.8. The van der Waals surface area contributed by atoms with Crippen LogP contribution in [0.4, 0.5) is 4.39 Å². The molecule has 23 heavy (non-hydrogen) atoms. The Balaban J connectivity index is 2.29. The average molecular weight is 355 g/mol. The third-order valence-electron chi connectivity index (χ3n) is 3.34. The molecule has 4 nitrogen and oxygen atoms in total. The van der Waals surface area contributed by atoms with Gasteiger partial charge in [-0.25, -0.2) is 12.8 Å². The number of thiophene rings is 1. The van der Waals surface area contributed by atoms with Crippen molar-refractivity contribution in [2.75, 3.05) is 6.54 Å². The molecule has 1 heterocycles. The minimum absolute atomic E-state index is 0.000936. The number of halogens is 1. The lowest BCUT2D eigenvalue weighted by Crippen LogP contribution is -2.31. The molecule has 1 N–H and O–H groups in total. The quantitative estimate of drug-likeness (QED) is 0.775. The molecule has 2 rings (SSSR count). The van der Waals surface area contributed by atoms with E-state index in [1.54, 1.807) is 17.5 Å². The number of benzene rings is 1. The van der Waals surface area contributed by atoms with E-state index < -0.39 is 20.9 Å². The van der Waals surface area contributed by atoms with E-state index in [0.717, 1.165) is 12.1 Å². The maximum atomic E-state index is 13.0. The molecular weight excluding hydrogens is 337 g/mol. The lowest BCUT2D eigenvalue weighted by molar-refractivity contribution is -0.121. The van der Waals surface area contributed by atoms with Crippen LogP contribution in [0, 0.1) is 5.82 Å². The highest BCUT2D eigenvalue weighted by Crippen LogP contribution is 2.31. The molecule has 0 aliphatic carbocycles. The molecule has 1 aromatic carbocycles. The highest BCUT2D eigenvalue weighted by molar-refractivity contribution is 7.91. The number of nitrogens with one attached hydrogen (secondary N) is 1. The molecule has 1 unspecified atom stereocenters. The van der Waals surface area contributed by atoms with E-state index in [1.165, 1.54) is 23.5 Å². The maximum absolute atomic E-state index is 13.0. The molecule has 1 atom stereocenters. The maximum Gasteiger partial charge on any atom is 0.220 e. The van der Waals surface area contributed by atoms with Crippen molar-refractivity contribution in [3.8, 4) is 0 Å². The van der Waals surface area contributed by atoms with Crippen LogP contribution in [-0.4, -0.2) is 20.9 Å². The second kappa shape index (κ2) is 7.70. The van der Waals surface area contributed by atoms with Gasteiger partial charge in [0.25, 0.3) is 0 Å². The van der Waals surface area contributed by atoms with Crippen LogP contribution >= 0.6 is 11.3 Å². The van der Waals surface area contributed by atoms with E-state index in [0.29, 0.717) is 17.7 Å². The highest BCUT2D eigenvalue weighted by Gasteiger charge is 2.30. The summed E-state index contributed by atoms with van der Waals surface area (Å²) in [7, 11) is -3.72. The summed E-state index contributed by atoms with van der Waals surface area (Å²) in [5, 5.41) is 3.58. The van der Waals surface area contributed by atoms with Crippen LogP contribution in [0.2, 0.25) is 0 Å². The Morgan fingerprint density at radius 3 is 2.52 bits per heavy atom. The predicted octanol–water partition coefficient (Wildman–Crippen LogP) is 3.32. The zero-order valence-corrected chi connectivity index (χ0v) is 14.3. The molecule has 0 bridgehead atoms. The van der Waals surface area contributed by atoms with Crippen molar-refractivity contribution in [1.29, 1.82) is 0 Å². The number of hydrogen-bond acceptors (Lipinski definition) is 4. The van der Waals surface area contributed by atoms with Gasteiger partial charge in [-0.15, -0.1) is 11.3 Å². The van der Waals surface area contributed by atoms with Crippen molar-refractivity contribution in [3.63, 3.8) is 0 Å². The smallest absolute Gasteiger partial charge is 0.220 e. The van der Waals surface area contributed by atoms with E-state index in [2.05, 4.69) is 5.32 Å². The third-order valence-corrected chi connectivity index (χ3v) is 6.57. The minimum atomic E-state index is -3.72. The van der Waals surface area contributed by atoms with E-state index >= 15 is 0 Å². The topological polar surface area (TPSA) is 63.2 Å². The second-order valence-corrected chi connectivity index (χ2v) is 8.17. The summed E-state index contributed by atoms with van der Waals surface area (Å²) in [6.45, 7) is 1.88. The van der Waals surface area contributed by atoms with Crippen molar-refractivity contribution < 1.29 is 17.6 Å². The van der Waals surface area contributed by atoms with E-state index in [9.17, 15) is 17.6 Å². The number of hydrogen-bond donors (Lipinski definition) is 1. The fourth-order valence-corrected chi connectivity index (χ4v) is 4.93. The van der Waals surface area contributed by atoms with Gasteiger partial charge < -0.3 is 5.32 Å². The van der Waals surface area contributed by atoms with Crippen LogP contribution in [0.3, 0.4) is 0 Å². The molecule has 0 aliphatic rings. The van der Waals surface area contributed by atoms with Crippen molar-refractivity contribution >= 4 is 27.1 Å². The number of carbonyl (C=O) groups is 1. The zero-order valence-electron chi connectivity index (χ0n) is 12.7. The number of sulfone groups is 1. The molecule has 2 aromatic rings. The molecule has 7 heteroatoms. The Kier molecular flexibility index (Phi) is 5.90. The Bertz CT molecular complexity index is 740. The van der Waals surface area contributed by atoms with E-state index in [-0.39, 0.29) is 17.3 Å². The van der Waals surface area contributed by atoms with Gasteiger partial charge in [0.05, 0.1) is 4.90 Å². The molecule has 0 spiro atoms. The largest absolute Gasteiger partial charge is 0.354 e. The van der Waals surface area contributed by atoms with Gasteiger partial charge in [-0.2, -0.15) is 0 Å². The number of amides is 1. The van der Waals surface area contributed by atoms with Crippen LogP contribution in [-0.2, 0) is 14.6 Å². The van der Waals surface area contributed by atoms with Gasteiger partial charge in [0, 0.05) is 17.8 Å². The number of carbonyl (C=O) groups excluding carboxylic acids is 1. The molecule has 0 saturated carbocycles. The van der Waals surface area contributed by atoms with Gasteiger partial charge in [-0.1, -0.05) is 13.0 Å². The van der Waals surface area contributed by atoms with Gasteiger partial charge in [0.15, 0.2) is 9.84 Å². The fraction of sp³-hybridized carbons (Fsp3) is 0.312. The van der Waals surface area contributed by atoms with Crippen molar-refractivity contribution in [3.05, 3.63) is 52.5 Å². The van der Waals surface area contributed by atoms with Crippen LogP contribution < -0.4 is 5.32 Å². The van der Waals surface area contributed by atoms with E-state index in [4.69, 9.17) is 0 Å². The summed E-state index contributed by atoms with van der Waals surface area (Å²) < 4.78 is 38.7. The standard InChI is InChI=1S/C16H18FNO3S2/c1-2-4-16(19)18-11-15(14-5-3-10-22-14)23(20,21)13-8-6-12(17)7-9-13/h3,5-10,15H,2,4,11H2,1H3,(H,18,19). The van der Waals surface area contributed by atoms with Gasteiger partial charge >= 0.3 is 0 Å². The SMILES string of the molecule is CCCC(=O)NCC(c1cccs1)S(=O)(=O)c1ccc(F)cc1. The third kappa shape index (κ3) is 4.39. The van der Waals surface area contributed by atoms with Crippen molar-refractivity contribution in [2.45, 2.75) is 29.9 Å². The first-order valence-corrected chi connectivity index (χ1v) is 9.67. The first kappa shape index (κ1) is 17.6. The number of rotatable bonds is 7. The first-order valence-electron chi connectivity index (χ1n) is 7.24. The van der Waals surface area contributed by atoms with Crippen LogP contribution in [0.5, 0.6) is 0 Å². The summed E-state index contributed by atoms with van der Waals surface area (Å²) in [4.78, 5) is 12.4. The van der Waals surface area contributed by atoms with Crippen molar-refractivity contribution in [2.24, 2.45) is 0 Å². The summed E-state index contributed by atoms with van der Waals surface area (Å²) >= 11 is 1.32. The van der Waals surface area contributed by atoms with Gasteiger partial charge in [0.1, 0.15) is 11.1 Å². The van der Waals surface area contributed by atoms with Crippen LogP contribution in [0.1, 0.15) is 29.9 Å². The van der Waals surface area contributed by atoms with Crippen molar-refractivity contribution in [1.82, 2.24) is 5.32 Å². The molecule has 0 saturated heterocycles. The van der Waals surface area contributed by atoms with Crippen LogP contribution in [0.15, 0.2) is 46.7 Å². The van der Waals surface area contributed by atoms with E-state index in [1.807, 2.05) is 6.92 Å². The lowest BCUT2D eigenvalue weighted by atomic mass is 10.3. The molecular formula is C16H18FNO3S2. The monoisotopic (exact) mass is 355 g/mol. The Hall–Kier alpha value is -1.73. The van der Waals surface area contributed by atoms with Gasteiger partial charge in [-0.3, -0.25) is 4.79 Å². The zero-order chi connectivity index (χ0) is 16.9. The van der Waals surface area contributed by atoms with Gasteiger partial charge in [-0.05, 0) is 42.1 Å². The Morgan fingerprint density at radius 2 is 1.96 bits per heavy atom. The van der Waals surface area contributed by atoms with Gasteiger partial charge in [0.2, 0.25) is 5.91 Å². The summed E-state index contributed by atoms with van der Waals surface area (Å²) in [5.41, 5.74) is 0. The lowest BCUT2D eigenvalue weighted by Gasteiger charge is -2.17. The van der Waals surface area contributed by atoms with Crippen LogP contribution in [0.25, 0.3) is 0 Å². The molecule has 0 fully saturated rings. The molecule has 1 aromatic heterocycles. The summed E-state index contributed by atoms with van der Waals surface area (Å²) in [6, 6.07) is 8.23. The Labute approximate surface area is 139 Å². The molecule has 0 radical (unpaired) electrons. The first-order chi connectivity index (χ1) is 10.9. The second-order valence-electron chi connectivity index (χ2n) is 5.06. The average Bonchev–Trinajstić information content (AvgIpc) is 3.02. The minimum Gasteiger partial charge on any atom is -0.354 e.